The Bertz CT molecular complexity index is 1590. The smallest absolute Gasteiger partial charge is 0.135 e. The van der Waals surface area contributed by atoms with Crippen LogP contribution in [-0.2, 0) is 0 Å². The lowest BCUT2D eigenvalue weighted by molar-refractivity contribution is 0.628. The van der Waals surface area contributed by atoms with Gasteiger partial charge < -0.3 is 4.98 Å². The van der Waals surface area contributed by atoms with Gasteiger partial charge in [-0.05, 0) is 66.5 Å². The number of benzene rings is 1. The number of fused-ring (bicyclic) bond motifs is 2. The van der Waals surface area contributed by atoms with Crippen LogP contribution in [0.5, 0.6) is 0 Å². The third-order valence-electron chi connectivity index (χ3n) is 5.96. The predicted molar refractivity (Wildman–Crippen MR) is 137 cm³/mol. The van der Waals surface area contributed by atoms with Crippen LogP contribution in [-0.4, -0.2) is 25.1 Å². The summed E-state index contributed by atoms with van der Waals surface area (Å²) in [5, 5.41) is 8.57. The molecule has 5 rings (SSSR count). The number of halogens is 1. The van der Waals surface area contributed by atoms with E-state index in [0.29, 0.717) is 0 Å². The highest BCUT2D eigenvalue weighted by Gasteiger charge is 2.16. The van der Waals surface area contributed by atoms with Gasteiger partial charge in [0.15, 0.2) is 0 Å². The average molecular weight is 450 g/mol. The standard InChI is InChI=1S/C28H24FN5/c1-4-17(5-2)12-18(6-3)23-10-11-24-27(32-23)28(34-33-24)25-14-21-22(15-30-16-26(21)31-25)19-8-7-9-20(29)13-19/h4,6-16,31H,1,5H2,2-3H3,(H,33,34)/b17-12+,18-6+. The van der Waals surface area contributed by atoms with Crippen LogP contribution in [0.2, 0.25) is 0 Å². The molecule has 0 aliphatic carbocycles. The number of hydrogen-bond acceptors (Lipinski definition) is 3. The van der Waals surface area contributed by atoms with E-state index in [4.69, 9.17) is 4.98 Å². The zero-order chi connectivity index (χ0) is 23.7. The van der Waals surface area contributed by atoms with Crippen molar-refractivity contribution in [1.29, 1.82) is 0 Å². The molecule has 2 N–H and O–H groups in total. The average Bonchev–Trinajstić information content (AvgIpc) is 3.48. The fraction of sp³-hybridized carbons (Fsp3) is 0.107. The molecule has 0 fully saturated rings. The van der Waals surface area contributed by atoms with Crippen molar-refractivity contribution >= 4 is 27.5 Å². The molecule has 0 atom stereocenters. The highest BCUT2D eigenvalue weighted by atomic mass is 19.1. The summed E-state index contributed by atoms with van der Waals surface area (Å²) in [6.07, 6.45) is 10.5. The number of hydrogen-bond donors (Lipinski definition) is 2. The van der Waals surface area contributed by atoms with Crippen LogP contribution in [0.15, 0.2) is 85.2 Å². The molecule has 0 unspecified atom stereocenters. The van der Waals surface area contributed by atoms with Crippen LogP contribution in [0, 0.1) is 5.82 Å². The molecule has 1 aromatic carbocycles. The van der Waals surface area contributed by atoms with E-state index in [1.54, 1.807) is 18.5 Å². The molecule has 0 saturated carbocycles. The molecule has 34 heavy (non-hydrogen) atoms. The Labute approximate surface area is 196 Å². The minimum absolute atomic E-state index is 0.281. The van der Waals surface area contributed by atoms with Gasteiger partial charge in [0.2, 0.25) is 0 Å². The van der Waals surface area contributed by atoms with Gasteiger partial charge in [-0.2, -0.15) is 5.10 Å². The molecule has 0 spiro atoms. The Hall–Kier alpha value is -4.32. The van der Waals surface area contributed by atoms with Crippen molar-refractivity contribution < 1.29 is 4.39 Å². The SMILES string of the molecule is C=C/C(=C\C(=C/C)c1ccc2[nH]nc(-c3cc4c(-c5cccc(F)c5)cncc4[nH]3)c2n1)CC. The van der Waals surface area contributed by atoms with E-state index in [1.807, 2.05) is 43.3 Å². The number of pyridine rings is 2. The lowest BCUT2D eigenvalue weighted by Gasteiger charge is -2.04. The first-order valence-electron chi connectivity index (χ1n) is 11.2. The quantitative estimate of drug-likeness (QED) is 0.269. The van der Waals surface area contributed by atoms with Crippen LogP contribution >= 0.6 is 0 Å². The fourth-order valence-electron chi connectivity index (χ4n) is 4.12. The molecular weight excluding hydrogens is 425 g/mol. The minimum atomic E-state index is -0.281. The van der Waals surface area contributed by atoms with Gasteiger partial charge in [0.05, 0.1) is 28.6 Å². The van der Waals surface area contributed by atoms with Crippen LogP contribution in [0.4, 0.5) is 4.39 Å². The summed E-state index contributed by atoms with van der Waals surface area (Å²) >= 11 is 0. The van der Waals surface area contributed by atoms with Crippen LogP contribution < -0.4 is 0 Å². The van der Waals surface area contributed by atoms with E-state index in [2.05, 4.69) is 39.7 Å². The molecule has 6 heteroatoms. The molecular formula is C28H24FN5. The zero-order valence-corrected chi connectivity index (χ0v) is 19.1. The topological polar surface area (TPSA) is 70.2 Å². The molecule has 4 heterocycles. The summed E-state index contributed by atoms with van der Waals surface area (Å²) in [5.74, 6) is -0.281. The lowest BCUT2D eigenvalue weighted by Crippen LogP contribution is -1.90. The number of aromatic amines is 2. The van der Waals surface area contributed by atoms with E-state index in [9.17, 15) is 4.39 Å². The maximum Gasteiger partial charge on any atom is 0.135 e. The third-order valence-corrected chi connectivity index (χ3v) is 5.96. The maximum absolute atomic E-state index is 13.8. The normalized spacial score (nSPS) is 12.6. The zero-order valence-electron chi connectivity index (χ0n) is 19.1. The summed E-state index contributed by atoms with van der Waals surface area (Å²) in [5.41, 5.74) is 8.67. The Balaban J connectivity index is 1.63. The first kappa shape index (κ1) is 21.5. The van der Waals surface area contributed by atoms with Gasteiger partial charge in [0.25, 0.3) is 0 Å². The number of rotatable bonds is 6. The lowest BCUT2D eigenvalue weighted by atomic mass is 10.0. The number of aromatic nitrogens is 5. The second-order valence-corrected chi connectivity index (χ2v) is 8.03. The van der Waals surface area contributed by atoms with E-state index in [1.165, 1.54) is 12.1 Å². The number of nitrogens with one attached hydrogen (secondary N) is 2. The first-order chi connectivity index (χ1) is 16.6. The molecule has 5 aromatic rings. The number of nitrogens with zero attached hydrogens (tertiary/aromatic N) is 3. The molecule has 5 nitrogen and oxygen atoms in total. The number of H-pyrrole nitrogens is 2. The Morgan fingerprint density at radius 2 is 2.00 bits per heavy atom. The summed E-state index contributed by atoms with van der Waals surface area (Å²) in [6.45, 7) is 8.01. The fourth-order valence-corrected chi connectivity index (χ4v) is 4.12. The van der Waals surface area contributed by atoms with E-state index in [0.717, 1.165) is 67.7 Å². The molecule has 0 radical (unpaired) electrons. The van der Waals surface area contributed by atoms with Crippen LogP contribution in [0.25, 0.3) is 50.0 Å². The van der Waals surface area contributed by atoms with Crippen molar-refractivity contribution in [3.05, 3.63) is 96.7 Å². The maximum atomic E-state index is 13.8. The summed E-state index contributed by atoms with van der Waals surface area (Å²) in [7, 11) is 0. The van der Waals surface area contributed by atoms with Crippen molar-refractivity contribution in [2.24, 2.45) is 0 Å². The summed E-state index contributed by atoms with van der Waals surface area (Å²) < 4.78 is 13.8. The third kappa shape index (κ3) is 3.83. The van der Waals surface area contributed by atoms with E-state index < -0.39 is 0 Å². The van der Waals surface area contributed by atoms with Crippen LogP contribution in [0.3, 0.4) is 0 Å². The van der Waals surface area contributed by atoms with Gasteiger partial charge in [-0.1, -0.05) is 37.8 Å². The van der Waals surface area contributed by atoms with Gasteiger partial charge in [-0.3, -0.25) is 10.1 Å². The van der Waals surface area contributed by atoms with Crippen molar-refractivity contribution in [2.75, 3.05) is 0 Å². The first-order valence-corrected chi connectivity index (χ1v) is 11.2. The van der Waals surface area contributed by atoms with Gasteiger partial charge in [-0.15, -0.1) is 0 Å². The van der Waals surface area contributed by atoms with Crippen molar-refractivity contribution in [3.8, 4) is 22.5 Å². The van der Waals surface area contributed by atoms with E-state index in [-0.39, 0.29) is 5.82 Å². The Kier molecular flexibility index (Phi) is 5.64. The van der Waals surface area contributed by atoms with Crippen molar-refractivity contribution in [3.63, 3.8) is 0 Å². The highest BCUT2D eigenvalue weighted by molar-refractivity contribution is 6.00. The van der Waals surface area contributed by atoms with Gasteiger partial charge in [0, 0.05) is 17.1 Å². The molecule has 0 saturated heterocycles. The van der Waals surface area contributed by atoms with Crippen molar-refractivity contribution in [2.45, 2.75) is 20.3 Å². The molecule has 0 amide bonds. The largest absolute Gasteiger partial charge is 0.352 e. The summed E-state index contributed by atoms with van der Waals surface area (Å²) in [6, 6.07) is 12.5. The van der Waals surface area contributed by atoms with Gasteiger partial charge in [-0.25, -0.2) is 9.37 Å². The van der Waals surface area contributed by atoms with E-state index >= 15 is 0 Å². The molecule has 168 valence electrons. The predicted octanol–water partition coefficient (Wildman–Crippen LogP) is 7.23. The second kappa shape index (κ2) is 8.90. The Morgan fingerprint density at radius 1 is 1.12 bits per heavy atom. The Morgan fingerprint density at radius 3 is 2.76 bits per heavy atom. The highest BCUT2D eigenvalue weighted by Crippen LogP contribution is 2.33. The molecule has 0 aliphatic heterocycles. The summed E-state index contributed by atoms with van der Waals surface area (Å²) in [4.78, 5) is 12.7. The van der Waals surface area contributed by atoms with Crippen LogP contribution in [0.1, 0.15) is 26.0 Å². The van der Waals surface area contributed by atoms with Gasteiger partial charge >= 0.3 is 0 Å². The van der Waals surface area contributed by atoms with Crippen molar-refractivity contribution in [1.82, 2.24) is 25.1 Å². The molecule has 4 aromatic heterocycles. The molecule has 0 bridgehead atoms. The second-order valence-electron chi connectivity index (χ2n) is 8.03. The van der Waals surface area contributed by atoms with Gasteiger partial charge in [0.1, 0.15) is 17.0 Å². The molecule has 0 aliphatic rings. The number of allylic oxidation sites excluding steroid dienone is 5. The minimum Gasteiger partial charge on any atom is -0.352 e. The monoisotopic (exact) mass is 449 g/mol.